The van der Waals surface area contributed by atoms with Crippen molar-refractivity contribution in [2.75, 3.05) is 19.6 Å². The van der Waals surface area contributed by atoms with Crippen LogP contribution >= 0.6 is 0 Å². The highest BCUT2D eigenvalue weighted by molar-refractivity contribution is 5.94. The number of hydrogen-bond acceptors (Lipinski definition) is 3. The molecule has 1 amide bonds. The summed E-state index contributed by atoms with van der Waals surface area (Å²) in [4.78, 5) is 13.8. The Morgan fingerprint density at radius 1 is 1.21 bits per heavy atom. The average molecular weight is 324 g/mol. The van der Waals surface area contributed by atoms with E-state index in [4.69, 9.17) is 9.68 Å². The van der Waals surface area contributed by atoms with E-state index in [2.05, 4.69) is 11.4 Å². The van der Waals surface area contributed by atoms with Crippen molar-refractivity contribution in [2.45, 2.75) is 25.3 Å². The molecule has 1 saturated heterocycles. The second kappa shape index (κ2) is 7.80. The van der Waals surface area contributed by atoms with Crippen molar-refractivity contribution in [3.8, 4) is 6.07 Å². The molecule has 0 radical (unpaired) electrons. The lowest BCUT2D eigenvalue weighted by Crippen LogP contribution is -3.13. The molecule has 124 valence electrons. The van der Waals surface area contributed by atoms with Gasteiger partial charge in [0.15, 0.2) is 11.8 Å². The van der Waals surface area contributed by atoms with E-state index in [1.165, 1.54) is 24.2 Å². The Bertz CT molecular complexity index is 695. The van der Waals surface area contributed by atoms with Crippen LogP contribution in [-0.2, 0) is 0 Å². The van der Waals surface area contributed by atoms with Crippen molar-refractivity contribution in [1.82, 2.24) is 5.32 Å². The SMILES string of the molecule is N#Cc1ccc(C(=O)NC[C@H](c2ccco2)[NH+]2CCCCC2)cc1. The van der Waals surface area contributed by atoms with Crippen LogP contribution in [0.4, 0.5) is 0 Å². The number of rotatable bonds is 5. The third kappa shape index (κ3) is 3.84. The molecule has 0 bridgehead atoms. The molecular weight excluding hydrogens is 302 g/mol. The van der Waals surface area contributed by atoms with Gasteiger partial charge in [0.2, 0.25) is 0 Å². The van der Waals surface area contributed by atoms with Crippen LogP contribution in [0.1, 0.15) is 47.0 Å². The van der Waals surface area contributed by atoms with E-state index < -0.39 is 0 Å². The van der Waals surface area contributed by atoms with Crippen LogP contribution in [0.3, 0.4) is 0 Å². The van der Waals surface area contributed by atoms with Gasteiger partial charge in [0.05, 0.1) is 37.5 Å². The van der Waals surface area contributed by atoms with Crippen LogP contribution < -0.4 is 10.2 Å². The number of carbonyl (C=O) groups excluding carboxylic acids is 1. The number of likely N-dealkylation sites (tertiary alicyclic amines) is 1. The molecule has 0 saturated carbocycles. The fourth-order valence-electron chi connectivity index (χ4n) is 3.28. The fourth-order valence-corrected chi connectivity index (χ4v) is 3.28. The van der Waals surface area contributed by atoms with Gasteiger partial charge in [0, 0.05) is 5.56 Å². The molecule has 1 aliphatic heterocycles. The molecule has 1 aliphatic rings. The molecule has 0 aliphatic carbocycles. The Balaban J connectivity index is 1.66. The van der Waals surface area contributed by atoms with Crippen molar-refractivity contribution in [3.05, 3.63) is 59.5 Å². The summed E-state index contributed by atoms with van der Waals surface area (Å²) >= 11 is 0. The first-order valence-corrected chi connectivity index (χ1v) is 8.44. The summed E-state index contributed by atoms with van der Waals surface area (Å²) in [5.41, 5.74) is 1.12. The molecule has 5 nitrogen and oxygen atoms in total. The molecule has 0 unspecified atom stereocenters. The summed E-state index contributed by atoms with van der Waals surface area (Å²) in [6.45, 7) is 2.76. The third-order valence-corrected chi connectivity index (χ3v) is 4.62. The molecule has 0 spiro atoms. The Morgan fingerprint density at radius 2 is 1.96 bits per heavy atom. The minimum atomic E-state index is -0.118. The number of nitriles is 1. The standard InChI is InChI=1S/C19H21N3O2/c20-13-15-6-8-16(9-7-15)19(23)21-14-17(18-5-4-12-24-18)22-10-2-1-3-11-22/h4-9,12,17H,1-3,10-11,14H2,(H,21,23)/p+1/t17-/m1/s1. The third-order valence-electron chi connectivity index (χ3n) is 4.62. The molecule has 1 aromatic carbocycles. The average Bonchev–Trinajstić information content (AvgIpc) is 3.17. The van der Waals surface area contributed by atoms with Crippen molar-refractivity contribution < 1.29 is 14.1 Å². The molecule has 2 heterocycles. The number of carbonyl (C=O) groups is 1. The second-order valence-corrected chi connectivity index (χ2v) is 6.19. The van der Waals surface area contributed by atoms with Crippen LogP contribution in [-0.4, -0.2) is 25.5 Å². The van der Waals surface area contributed by atoms with Gasteiger partial charge in [0.1, 0.15) is 0 Å². The van der Waals surface area contributed by atoms with Crippen LogP contribution in [0.5, 0.6) is 0 Å². The lowest BCUT2D eigenvalue weighted by molar-refractivity contribution is -0.936. The topological polar surface area (TPSA) is 70.5 Å². The van der Waals surface area contributed by atoms with E-state index in [0.29, 0.717) is 17.7 Å². The van der Waals surface area contributed by atoms with Gasteiger partial charge in [0.25, 0.3) is 5.91 Å². The van der Waals surface area contributed by atoms with Crippen molar-refractivity contribution in [2.24, 2.45) is 0 Å². The van der Waals surface area contributed by atoms with Crippen LogP contribution in [0.2, 0.25) is 0 Å². The molecule has 24 heavy (non-hydrogen) atoms. The lowest BCUT2D eigenvalue weighted by atomic mass is 10.1. The molecule has 5 heteroatoms. The first-order chi connectivity index (χ1) is 11.8. The molecular formula is C19H22N3O2+. The quantitative estimate of drug-likeness (QED) is 0.879. The molecule has 2 N–H and O–H groups in total. The number of furan rings is 1. The van der Waals surface area contributed by atoms with Crippen LogP contribution in [0, 0.1) is 11.3 Å². The van der Waals surface area contributed by atoms with E-state index in [9.17, 15) is 4.79 Å². The number of piperidine rings is 1. The van der Waals surface area contributed by atoms with Crippen molar-refractivity contribution >= 4 is 5.91 Å². The predicted octanol–water partition coefficient (Wildman–Crippen LogP) is 1.69. The van der Waals surface area contributed by atoms with E-state index in [1.54, 1.807) is 30.5 Å². The van der Waals surface area contributed by atoms with Crippen LogP contribution in [0.15, 0.2) is 47.1 Å². The van der Waals surface area contributed by atoms with E-state index >= 15 is 0 Å². The molecule has 1 atom stereocenters. The Kier molecular flexibility index (Phi) is 5.29. The highest BCUT2D eigenvalue weighted by Crippen LogP contribution is 2.12. The lowest BCUT2D eigenvalue weighted by Gasteiger charge is -2.30. The predicted molar refractivity (Wildman–Crippen MR) is 89.5 cm³/mol. The molecule has 2 aromatic rings. The van der Waals surface area contributed by atoms with E-state index in [-0.39, 0.29) is 11.9 Å². The van der Waals surface area contributed by atoms with Gasteiger partial charge in [-0.25, -0.2) is 0 Å². The maximum Gasteiger partial charge on any atom is 0.251 e. The minimum absolute atomic E-state index is 0.118. The zero-order valence-corrected chi connectivity index (χ0v) is 13.6. The summed E-state index contributed by atoms with van der Waals surface area (Å²) in [7, 11) is 0. The molecule has 1 fully saturated rings. The number of nitrogens with zero attached hydrogens (tertiary/aromatic N) is 1. The largest absolute Gasteiger partial charge is 0.463 e. The van der Waals surface area contributed by atoms with Gasteiger partial charge in [-0.05, 0) is 55.7 Å². The second-order valence-electron chi connectivity index (χ2n) is 6.19. The van der Waals surface area contributed by atoms with E-state index in [1.807, 2.05) is 12.1 Å². The zero-order valence-electron chi connectivity index (χ0n) is 13.6. The highest BCUT2D eigenvalue weighted by Gasteiger charge is 2.28. The maximum atomic E-state index is 12.4. The highest BCUT2D eigenvalue weighted by atomic mass is 16.3. The van der Waals surface area contributed by atoms with Crippen molar-refractivity contribution in [1.29, 1.82) is 5.26 Å². The summed E-state index contributed by atoms with van der Waals surface area (Å²) in [6, 6.07) is 12.8. The first-order valence-electron chi connectivity index (χ1n) is 8.44. The van der Waals surface area contributed by atoms with Gasteiger partial charge in [-0.1, -0.05) is 0 Å². The molecule has 3 rings (SSSR count). The zero-order chi connectivity index (χ0) is 16.8. The number of benzene rings is 1. The normalized spacial score (nSPS) is 16.3. The monoisotopic (exact) mass is 324 g/mol. The van der Waals surface area contributed by atoms with Crippen molar-refractivity contribution in [3.63, 3.8) is 0 Å². The number of nitrogens with one attached hydrogen (secondary N) is 2. The van der Waals surface area contributed by atoms with Gasteiger partial charge < -0.3 is 14.6 Å². The minimum Gasteiger partial charge on any atom is -0.463 e. The number of hydrogen-bond donors (Lipinski definition) is 2. The number of amides is 1. The van der Waals surface area contributed by atoms with Crippen LogP contribution in [0.25, 0.3) is 0 Å². The maximum absolute atomic E-state index is 12.4. The summed E-state index contributed by atoms with van der Waals surface area (Å²) in [5.74, 6) is 0.805. The Morgan fingerprint density at radius 3 is 2.58 bits per heavy atom. The molecule has 1 aromatic heterocycles. The Hall–Kier alpha value is -2.58. The van der Waals surface area contributed by atoms with Gasteiger partial charge in [-0.3, -0.25) is 4.79 Å². The number of quaternary nitrogens is 1. The van der Waals surface area contributed by atoms with Gasteiger partial charge in [-0.2, -0.15) is 5.26 Å². The first kappa shape index (κ1) is 16.3. The smallest absolute Gasteiger partial charge is 0.251 e. The summed E-state index contributed by atoms with van der Waals surface area (Å²) in [6.07, 6.45) is 5.41. The summed E-state index contributed by atoms with van der Waals surface area (Å²) < 4.78 is 5.61. The fraction of sp³-hybridized carbons (Fsp3) is 0.368. The van der Waals surface area contributed by atoms with Gasteiger partial charge in [-0.15, -0.1) is 0 Å². The van der Waals surface area contributed by atoms with Gasteiger partial charge >= 0.3 is 0 Å². The Labute approximate surface area is 141 Å². The summed E-state index contributed by atoms with van der Waals surface area (Å²) in [5, 5.41) is 11.8. The van der Waals surface area contributed by atoms with E-state index in [0.717, 1.165) is 18.8 Å².